The molecule has 0 unspecified atom stereocenters. The van der Waals surface area contributed by atoms with Crippen LogP contribution in [-0.2, 0) is 17.5 Å². The van der Waals surface area contributed by atoms with Gasteiger partial charge in [0, 0.05) is 22.8 Å². The summed E-state index contributed by atoms with van der Waals surface area (Å²) in [4.78, 5) is 24.8. The Balaban J connectivity index is 1.47. The fourth-order valence-corrected chi connectivity index (χ4v) is 3.74. The summed E-state index contributed by atoms with van der Waals surface area (Å²) in [7, 11) is 0. The van der Waals surface area contributed by atoms with E-state index < -0.39 is 23.2 Å². The summed E-state index contributed by atoms with van der Waals surface area (Å²) in [6.45, 7) is 0.454. The van der Waals surface area contributed by atoms with E-state index in [1.807, 2.05) is 6.08 Å². The number of benzene rings is 1. The molecule has 0 aliphatic carbocycles. The molecule has 2 amide bonds. The molecule has 12 heteroatoms. The first-order valence-electron chi connectivity index (χ1n) is 8.35. The number of hydrogen-bond acceptors (Lipinski definition) is 7. The highest BCUT2D eigenvalue weighted by Crippen LogP contribution is 2.33. The number of amides is 2. The van der Waals surface area contributed by atoms with E-state index >= 15 is 0 Å². The van der Waals surface area contributed by atoms with Gasteiger partial charge in [-0.2, -0.15) is 13.2 Å². The quantitative estimate of drug-likeness (QED) is 0.698. The molecule has 1 aliphatic heterocycles. The third-order valence-corrected chi connectivity index (χ3v) is 5.64. The smallest absolute Gasteiger partial charge is 0.444 e. The van der Waals surface area contributed by atoms with Crippen LogP contribution >= 0.6 is 23.1 Å². The summed E-state index contributed by atoms with van der Waals surface area (Å²) in [5.74, 6) is 0.388. The Bertz CT molecular complexity index is 913. The van der Waals surface area contributed by atoms with Crippen molar-refractivity contribution in [3.8, 4) is 0 Å². The maximum atomic E-state index is 12.5. The van der Waals surface area contributed by atoms with Gasteiger partial charge in [0.25, 0.3) is 5.91 Å². The van der Waals surface area contributed by atoms with Crippen molar-refractivity contribution < 1.29 is 27.5 Å². The van der Waals surface area contributed by atoms with Gasteiger partial charge in [-0.1, -0.05) is 29.5 Å². The van der Waals surface area contributed by atoms with Crippen molar-refractivity contribution in [1.82, 2.24) is 15.5 Å². The molecule has 29 heavy (non-hydrogen) atoms. The van der Waals surface area contributed by atoms with E-state index in [9.17, 15) is 22.8 Å². The number of nitrogens with one attached hydrogen (secondary N) is 2. The molecule has 2 aromatic rings. The van der Waals surface area contributed by atoms with Gasteiger partial charge >= 0.3 is 12.3 Å². The van der Waals surface area contributed by atoms with Gasteiger partial charge in [-0.05, 0) is 24.1 Å². The average Bonchev–Trinajstić information content (AvgIpc) is 3.36. The molecular formula is C17H15F3N4O3S2. The topological polar surface area (TPSA) is 93.2 Å². The Morgan fingerprint density at radius 2 is 1.93 bits per heavy atom. The van der Waals surface area contributed by atoms with Crippen LogP contribution < -0.4 is 10.6 Å². The van der Waals surface area contributed by atoms with Crippen LogP contribution in [0.4, 0.5) is 23.1 Å². The minimum Gasteiger partial charge on any atom is -0.444 e. The Kier molecular flexibility index (Phi) is 6.75. The number of carbonyl (C=O) groups is 2. The van der Waals surface area contributed by atoms with Gasteiger partial charge in [0.15, 0.2) is 0 Å². The van der Waals surface area contributed by atoms with Crippen LogP contribution in [0.5, 0.6) is 0 Å². The molecule has 0 saturated carbocycles. The number of carbonyl (C=O) groups excluding carboxylic acids is 2. The summed E-state index contributed by atoms with van der Waals surface area (Å²) < 4.78 is 42.7. The molecule has 0 atom stereocenters. The molecular weight excluding hydrogens is 429 g/mol. The number of halogens is 3. The molecule has 3 rings (SSSR count). The SMILES string of the molecule is O=C(NCc1ccc(C(=O)Nc2nnc(C(F)(F)F)s2)cc1)OCC1=CCCS1. The molecule has 0 spiro atoms. The second kappa shape index (κ2) is 9.27. The first-order chi connectivity index (χ1) is 13.8. The predicted octanol–water partition coefficient (Wildman–Crippen LogP) is 4.06. The summed E-state index contributed by atoms with van der Waals surface area (Å²) in [6, 6.07) is 6.21. The van der Waals surface area contributed by atoms with Crippen LogP contribution in [0.25, 0.3) is 0 Å². The molecule has 2 N–H and O–H groups in total. The van der Waals surface area contributed by atoms with Crippen molar-refractivity contribution in [3.05, 3.63) is 51.4 Å². The second-order valence-corrected chi connectivity index (χ2v) is 8.00. The highest BCUT2D eigenvalue weighted by Gasteiger charge is 2.35. The van der Waals surface area contributed by atoms with Crippen molar-refractivity contribution in [3.63, 3.8) is 0 Å². The molecule has 0 radical (unpaired) electrons. The number of anilines is 1. The highest BCUT2D eigenvalue weighted by atomic mass is 32.2. The van der Waals surface area contributed by atoms with Crippen molar-refractivity contribution in [2.75, 3.05) is 17.7 Å². The fourth-order valence-electron chi connectivity index (χ4n) is 2.26. The first-order valence-corrected chi connectivity index (χ1v) is 10.1. The summed E-state index contributed by atoms with van der Waals surface area (Å²) in [5.41, 5.74) is 0.952. The van der Waals surface area contributed by atoms with E-state index in [4.69, 9.17) is 4.74 Å². The largest absolute Gasteiger partial charge is 0.445 e. The van der Waals surface area contributed by atoms with E-state index in [0.29, 0.717) is 0 Å². The third kappa shape index (κ3) is 6.19. The average molecular weight is 444 g/mol. The molecule has 0 fully saturated rings. The molecule has 2 heterocycles. The Hall–Kier alpha value is -2.60. The lowest BCUT2D eigenvalue weighted by Gasteiger charge is -2.08. The number of thioether (sulfide) groups is 1. The van der Waals surface area contributed by atoms with Gasteiger partial charge in [-0.3, -0.25) is 10.1 Å². The molecule has 7 nitrogen and oxygen atoms in total. The van der Waals surface area contributed by atoms with Crippen LogP contribution in [0.1, 0.15) is 27.3 Å². The van der Waals surface area contributed by atoms with Gasteiger partial charge in [0.1, 0.15) is 6.61 Å². The number of rotatable bonds is 6. The standard InChI is InChI=1S/C17H15F3N4O3S2/c18-17(19,20)14-23-24-15(29-14)22-13(25)11-5-3-10(4-6-11)8-21-16(26)27-9-12-2-1-7-28-12/h2-6H,1,7-9H2,(H,21,26)(H,22,24,25). The van der Waals surface area contributed by atoms with Crippen LogP contribution in [0.2, 0.25) is 0 Å². The van der Waals surface area contributed by atoms with Crippen molar-refractivity contribution in [2.45, 2.75) is 19.1 Å². The van der Waals surface area contributed by atoms with Crippen LogP contribution in [0.3, 0.4) is 0 Å². The number of alkyl halides is 3. The van der Waals surface area contributed by atoms with Crippen molar-refractivity contribution in [1.29, 1.82) is 0 Å². The zero-order chi connectivity index (χ0) is 20.9. The summed E-state index contributed by atoms with van der Waals surface area (Å²) >= 11 is 1.91. The number of hydrogen-bond donors (Lipinski definition) is 2. The number of allylic oxidation sites excluding steroid dienone is 1. The lowest BCUT2D eigenvalue weighted by molar-refractivity contribution is -0.138. The Morgan fingerprint density at radius 3 is 2.55 bits per heavy atom. The predicted molar refractivity (Wildman–Crippen MR) is 103 cm³/mol. The highest BCUT2D eigenvalue weighted by molar-refractivity contribution is 8.03. The number of nitrogens with zero attached hydrogens (tertiary/aromatic N) is 2. The third-order valence-electron chi connectivity index (χ3n) is 3.66. The maximum absolute atomic E-state index is 12.5. The van der Waals surface area contributed by atoms with Gasteiger partial charge in [-0.25, -0.2) is 4.79 Å². The maximum Gasteiger partial charge on any atom is 0.445 e. The van der Waals surface area contributed by atoms with Crippen molar-refractivity contribution >= 4 is 40.2 Å². The number of alkyl carbamates (subject to hydrolysis) is 1. The molecule has 1 aromatic carbocycles. The van der Waals surface area contributed by atoms with Gasteiger partial charge in [-0.15, -0.1) is 22.0 Å². The number of aromatic nitrogens is 2. The van der Waals surface area contributed by atoms with Crippen LogP contribution in [0, 0.1) is 0 Å². The van der Waals surface area contributed by atoms with Crippen LogP contribution in [0.15, 0.2) is 35.2 Å². The van der Waals surface area contributed by atoms with Gasteiger partial charge < -0.3 is 10.1 Å². The zero-order valence-electron chi connectivity index (χ0n) is 14.8. The minimum absolute atomic E-state index is 0.207. The molecule has 1 aromatic heterocycles. The monoisotopic (exact) mass is 444 g/mol. The summed E-state index contributed by atoms with van der Waals surface area (Å²) in [6.07, 6.45) is -2.14. The van der Waals surface area contributed by atoms with E-state index in [-0.39, 0.29) is 35.2 Å². The van der Waals surface area contributed by atoms with Crippen LogP contribution in [-0.4, -0.2) is 34.6 Å². The van der Waals surface area contributed by atoms with E-state index in [2.05, 4.69) is 20.8 Å². The second-order valence-electron chi connectivity index (χ2n) is 5.80. The number of ether oxygens (including phenoxy) is 1. The van der Waals surface area contributed by atoms with E-state index in [1.54, 1.807) is 23.9 Å². The van der Waals surface area contributed by atoms with Crippen molar-refractivity contribution in [2.24, 2.45) is 0 Å². The fraction of sp³-hybridized carbons (Fsp3) is 0.294. The molecule has 154 valence electrons. The lowest BCUT2D eigenvalue weighted by atomic mass is 10.1. The molecule has 0 bridgehead atoms. The first kappa shape index (κ1) is 21.1. The van der Waals surface area contributed by atoms with E-state index in [1.165, 1.54) is 12.1 Å². The molecule has 1 aliphatic rings. The summed E-state index contributed by atoms with van der Waals surface area (Å²) in [5, 5.41) is 9.81. The lowest BCUT2D eigenvalue weighted by Crippen LogP contribution is -2.24. The molecule has 0 saturated heterocycles. The van der Waals surface area contributed by atoms with Gasteiger partial charge in [0.2, 0.25) is 10.1 Å². The normalized spacial score (nSPS) is 13.7. The minimum atomic E-state index is -4.61. The van der Waals surface area contributed by atoms with Gasteiger partial charge in [0.05, 0.1) is 0 Å². The van der Waals surface area contributed by atoms with E-state index in [0.717, 1.165) is 22.6 Å². The Morgan fingerprint density at radius 1 is 1.17 bits per heavy atom. The Labute approximate surface area is 171 Å². The zero-order valence-corrected chi connectivity index (χ0v) is 16.4.